The van der Waals surface area contributed by atoms with Gasteiger partial charge in [-0.15, -0.1) is 11.3 Å². The zero-order valence-electron chi connectivity index (χ0n) is 19.3. The number of amides is 1. The van der Waals surface area contributed by atoms with Crippen molar-refractivity contribution in [3.63, 3.8) is 0 Å². The van der Waals surface area contributed by atoms with E-state index in [1.165, 1.54) is 6.07 Å². The lowest BCUT2D eigenvalue weighted by Crippen LogP contribution is -2.55. The number of aryl methyl sites for hydroxylation is 1. The number of hydrogen-bond donors (Lipinski definition) is 0. The van der Waals surface area contributed by atoms with Crippen molar-refractivity contribution in [1.82, 2.24) is 19.7 Å². The molecule has 5 rings (SSSR count). The molecule has 0 radical (unpaired) electrons. The van der Waals surface area contributed by atoms with Crippen LogP contribution in [0.2, 0.25) is 0 Å². The summed E-state index contributed by atoms with van der Waals surface area (Å²) in [5.41, 5.74) is 0.643. The lowest BCUT2D eigenvalue weighted by Gasteiger charge is -2.40. The number of halogens is 1. The number of aromatic nitrogens is 3. The first kappa shape index (κ1) is 22.1. The van der Waals surface area contributed by atoms with Crippen molar-refractivity contribution in [2.24, 2.45) is 7.05 Å². The van der Waals surface area contributed by atoms with Gasteiger partial charge in [0.1, 0.15) is 21.0 Å². The largest absolute Gasteiger partial charge is 0.444 e. The standard InChI is InChI=1S/C23H26FN5O2S2/c1-13-11-28(6-7-29(13)22(30)31-23(2,3)4)18-10-17-21(33-18)25-20(32-17)14-8-15-12-27(5)26-19(15)16(24)9-14/h8-10,12-13H,6-7,11H2,1-5H3. The Kier molecular flexibility index (Phi) is 5.32. The number of carbonyl (C=O) groups is 1. The van der Waals surface area contributed by atoms with E-state index in [0.717, 1.165) is 43.6 Å². The van der Waals surface area contributed by atoms with Gasteiger partial charge >= 0.3 is 6.09 Å². The van der Waals surface area contributed by atoms with Crippen LogP contribution in [0.5, 0.6) is 0 Å². The van der Waals surface area contributed by atoms with Gasteiger partial charge in [-0.05, 0) is 45.9 Å². The van der Waals surface area contributed by atoms with Crippen molar-refractivity contribution < 1.29 is 13.9 Å². The second-order valence-electron chi connectivity index (χ2n) is 9.44. The predicted octanol–water partition coefficient (Wildman–Crippen LogP) is 5.50. The van der Waals surface area contributed by atoms with E-state index >= 15 is 0 Å². The van der Waals surface area contributed by atoms with E-state index < -0.39 is 5.60 Å². The maximum Gasteiger partial charge on any atom is 0.410 e. The minimum atomic E-state index is -0.500. The molecule has 1 atom stereocenters. The zero-order chi connectivity index (χ0) is 23.5. The first-order valence-corrected chi connectivity index (χ1v) is 12.5. The summed E-state index contributed by atoms with van der Waals surface area (Å²) in [6, 6.07) is 5.64. The van der Waals surface area contributed by atoms with Gasteiger partial charge in [-0.1, -0.05) is 11.3 Å². The van der Waals surface area contributed by atoms with E-state index in [1.807, 2.05) is 40.0 Å². The number of carbonyl (C=O) groups excluding carboxylic acids is 1. The van der Waals surface area contributed by atoms with Crippen LogP contribution in [0.1, 0.15) is 27.7 Å². The second-order valence-corrected chi connectivity index (χ2v) is 11.5. The normalized spacial score (nSPS) is 17.3. The summed E-state index contributed by atoms with van der Waals surface area (Å²) in [5, 5.41) is 6.88. The van der Waals surface area contributed by atoms with Crippen molar-refractivity contribution >= 4 is 54.2 Å². The number of rotatable bonds is 2. The summed E-state index contributed by atoms with van der Waals surface area (Å²) < 4.78 is 22.8. The fourth-order valence-electron chi connectivity index (χ4n) is 4.09. The molecule has 0 aliphatic carbocycles. The third kappa shape index (κ3) is 4.29. The van der Waals surface area contributed by atoms with E-state index in [1.54, 1.807) is 39.3 Å². The summed E-state index contributed by atoms with van der Waals surface area (Å²) in [6.45, 7) is 9.80. The number of piperazine rings is 1. The van der Waals surface area contributed by atoms with Crippen LogP contribution in [0.25, 0.3) is 31.0 Å². The molecule has 0 bridgehead atoms. The molecule has 0 saturated carbocycles. The molecule has 4 heterocycles. The first-order chi connectivity index (χ1) is 15.6. The molecule has 4 aromatic rings. The number of nitrogens with zero attached hydrogens (tertiary/aromatic N) is 5. The number of ether oxygens (including phenoxy) is 1. The molecular weight excluding hydrogens is 461 g/mol. The van der Waals surface area contributed by atoms with E-state index in [2.05, 4.69) is 16.1 Å². The Morgan fingerprint density at radius 3 is 2.70 bits per heavy atom. The molecule has 3 aromatic heterocycles. The minimum absolute atomic E-state index is 0.0476. The van der Waals surface area contributed by atoms with Gasteiger partial charge in [0.15, 0.2) is 5.82 Å². The number of benzene rings is 1. The fraction of sp³-hybridized carbons (Fsp3) is 0.435. The Hall–Kier alpha value is -2.72. The van der Waals surface area contributed by atoms with Crippen LogP contribution in [0, 0.1) is 5.82 Å². The highest BCUT2D eigenvalue weighted by Gasteiger charge is 2.31. The Balaban J connectivity index is 1.34. The molecule has 1 aliphatic heterocycles. The molecule has 7 nitrogen and oxygen atoms in total. The van der Waals surface area contributed by atoms with Crippen LogP contribution in [0.3, 0.4) is 0 Å². The van der Waals surface area contributed by atoms with Gasteiger partial charge in [-0.25, -0.2) is 14.2 Å². The Bertz CT molecular complexity index is 1320. The number of thiazole rings is 1. The lowest BCUT2D eigenvalue weighted by atomic mass is 10.1. The Labute approximate surface area is 199 Å². The zero-order valence-corrected chi connectivity index (χ0v) is 20.9. The maximum absolute atomic E-state index is 14.5. The van der Waals surface area contributed by atoms with Crippen LogP contribution < -0.4 is 4.90 Å². The van der Waals surface area contributed by atoms with Gasteiger partial charge in [-0.2, -0.15) is 5.10 Å². The summed E-state index contributed by atoms with van der Waals surface area (Å²) >= 11 is 3.20. The molecule has 0 spiro atoms. The number of hydrogen-bond acceptors (Lipinski definition) is 7. The Morgan fingerprint density at radius 1 is 1.21 bits per heavy atom. The third-order valence-corrected chi connectivity index (χ3v) is 7.84. The molecule has 1 saturated heterocycles. The summed E-state index contributed by atoms with van der Waals surface area (Å²) in [6.07, 6.45) is 1.56. The SMILES string of the molecule is CC1CN(c2cc3sc(-c4cc(F)c5nn(C)cc5c4)nc3s2)CCN1C(=O)OC(C)(C)C. The average Bonchev–Trinajstić information content (AvgIpc) is 3.38. The van der Waals surface area contributed by atoms with Crippen molar-refractivity contribution in [3.05, 3.63) is 30.2 Å². The molecule has 0 N–H and O–H groups in total. The quantitative estimate of drug-likeness (QED) is 0.374. The smallest absolute Gasteiger partial charge is 0.410 e. The molecule has 174 valence electrons. The first-order valence-electron chi connectivity index (χ1n) is 10.9. The topological polar surface area (TPSA) is 63.5 Å². The number of fused-ring (bicyclic) bond motifs is 2. The van der Waals surface area contributed by atoms with Gasteiger partial charge in [-0.3, -0.25) is 4.68 Å². The average molecular weight is 488 g/mol. The van der Waals surface area contributed by atoms with Gasteiger partial charge in [0.05, 0.1) is 9.70 Å². The molecular formula is C23H26FN5O2S2. The van der Waals surface area contributed by atoms with E-state index in [4.69, 9.17) is 9.72 Å². The van der Waals surface area contributed by atoms with Crippen molar-refractivity contribution in [2.75, 3.05) is 24.5 Å². The summed E-state index contributed by atoms with van der Waals surface area (Å²) in [7, 11) is 1.79. The van der Waals surface area contributed by atoms with Crippen LogP contribution in [0.15, 0.2) is 24.4 Å². The maximum atomic E-state index is 14.5. The number of thiophene rings is 1. The van der Waals surface area contributed by atoms with Crippen molar-refractivity contribution in [3.8, 4) is 10.6 Å². The van der Waals surface area contributed by atoms with Crippen molar-refractivity contribution in [1.29, 1.82) is 0 Å². The molecule has 1 unspecified atom stereocenters. The molecule has 1 aromatic carbocycles. The van der Waals surface area contributed by atoms with Crippen LogP contribution in [-0.4, -0.2) is 57.0 Å². The highest BCUT2D eigenvalue weighted by molar-refractivity contribution is 7.30. The fourth-order valence-corrected chi connectivity index (χ4v) is 6.32. The molecule has 10 heteroatoms. The molecule has 1 amide bonds. The van der Waals surface area contributed by atoms with E-state index in [9.17, 15) is 9.18 Å². The molecule has 1 aliphatic rings. The van der Waals surface area contributed by atoms with Crippen LogP contribution in [-0.2, 0) is 11.8 Å². The van der Waals surface area contributed by atoms with E-state index in [0.29, 0.717) is 12.1 Å². The van der Waals surface area contributed by atoms with Gasteiger partial charge in [0, 0.05) is 49.9 Å². The van der Waals surface area contributed by atoms with Gasteiger partial charge < -0.3 is 14.5 Å². The van der Waals surface area contributed by atoms with Crippen LogP contribution in [0.4, 0.5) is 14.2 Å². The highest BCUT2D eigenvalue weighted by atomic mass is 32.1. The third-order valence-electron chi connectivity index (χ3n) is 5.57. The summed E-state index contributed by atoms with van der Waals surface area (Å²) in [4.78, 5) is 22.3. The summed E-state index contributed by atoms with van der Waals surface area (Å²) in [5.74, 6) is -0.334. The monoisotopic (exact) mass is 487 g/mol. The lowest BCUT2D eigenvalue weighted by molar-refractivity contribution is 0.0159. The number of anilines is 1. The van der Waals surface area contributed by atoms with Gasteiger partial charge in [0.2, 0.25) is 0 Å². The predicted molar refractivity (Wildman–Crippen MR) is 132 cm³/mol. The Morgan fingerprint density at radius 2 is 2.00 bits per heavy atom. The van der Waals surface area contributed by atoms with Crippen molar-refractivity contribution in [2.45, 2.75) is 39.3 Å². The minimum Gasteiger partial charge on any atom is -0.444 e. The molecule has 33 heavy (non-hydrogen) atoms. The highest BCUT2D eigenvalue weighted by Crippen LogP contribution is 2.40. The molecule has 1 fully saturated rings. The van der Waals surface area contributed by atoms with E-state index in [-0.39, 0.29) is 18.0 Å². The van der Waals surface area contributed by atoms with Gasteiger partial charge in [0.25, 0.3) is 0 Å². The van der Waals surface area contributed by atoms with Crippen LogP contribution >= 0.6 is 22.7 Å². The second kappa shape index (κ2) is 7.95.